The quantitative estimate of drug-likeness (QED) is 0.231. The minimum Gasteiger partial charge on any atom is -0.505 e. The highest BCUT2D eigenvalue weighted by Gasteiger charge is 2.26. The summed E-state index contributed by atoms with van der Waals surface area (Å²) in [4.78, 5) is 27.8. The van der Waals surface area contributed by atoms with Crippen molar-refractivity contribution in [2.24, 2.45) is 0 Å². The number of aromatic hydroxyl groups is 1. The van der Waals surface area contributed by atoms with Crippen LogP contribution in [0.2, 0.25) is 0 Å². The van der Waals surface area contributed by atoms with Crippen LogP contribution in [0, 0.1) is 0 Å². The van der Waals surface area contributed by atoms with Gasteiger partial charge in [0, 0.05) is 18.7 Å². The minimum atomic E-state index is -0.581. The maximum atomic E-state index is 13.2. The fourth-order valence-electron chi connectivity index (χ4n) is 3.51. The molecule has 8 heteroatoms. The first-order valence-electron chi connectivity index (χ1n) is 12.0. The number of ether oxygens (including phenoxy) is 1. The summed E-state index contributed by atoms with van der Waals surface area (Å²) in [5.74, 6) is -1.15. The molecule has 1 aromatic heterocycles. The van der Waals surface area contributed by atoms with Crippen LogP contribution in [0.15, 0.2) is 60.9 Å². The van der Waals surface area contributed by atoms with E-state index in [1.165, 1.54) is 0 Å². The van der Waals surface area contributed by atoms with Crippen molar-refractivity contribution < 1.29 is 19.4 Å². The molecule has 0 atom stereocenters. The molecule has 35 heavy (non-hydrogen) atoms. The summed E-state index contributed by atoms with van der Waals surface area (Å²) >= 11 is 0. The third-order valence-corrected chi connectivity index (χ3v) is 5.38. The number of phenols is 1. The molecule has 0 radical (unpaired) electrons. The van der Waals surface area contributed by atoms with Crippen molar-refractivity contribution in [2.45, 2.75) is 46.5 Å². The number of unbranched alkanes of at least 4 members (excludes halogenated alkanes) is 3. The van der Waals surface area contributed by atoms with Gasteiger partial charge in [-0.15, -0.1) is 10.2 Å². The largest absolute Gasteiger partial charge is 0.505 e. The first kappa shape index (κ1) is 27.4. The Bertz CT molecular complexity index is 1020. The lowest BCUT2D eigenvalue weighted by atomic mass is 9.96. The third kappa shape index (κ3) is 8.17. The molecule has 0 amide bonds. The van der Waals surface area contributed by atoms with E-state index in [-0.39, 0.29) is 16.9 Å². The van der Waals surface area contributed by atoms with Gasteiger partial charge in [-0.2, -0.15) is 0 Å². The highest BCUT2D eigenvalue weighted by atomic mass is 16.5. The molecule has 0 bridgehead atoms. The minimum absolute atomic E-state index is 0.000779. The van der Waals surface area contributed by atoms with E-state index in [2.05, 4.69) is 22.3 Å². The molecule has 3 aromatic rings. The number of hydrogen-bond acceptors (Lipinski definition) is 8. The van der Waals surface area contributed by atoms with Crippen LogP contribution in [0.3, 0.4) is 0 Å². The summed E-state index contributed by atoms with van der Waals surface area (Å²) in [6.07, 6.45) is 7.12. The number of rotatable bonds is 11. The van der Waals surface area contributed by atoms with E-state index >= 15 is 0 Å². The van der Waals surface area contributed by atoms with Gasteiger partial charge in [-0.1, -0.05) is 56.5 Å². The fourth-order valence-corrected chi connectivity index (χ4v) is 3.51. The highest BCUT2D eigenvalue weighted by Crippen LogP contribution is 2.35. The average Bonchev–Trinajstić information content (AvgIpc) is 2.91. The van der Waals surface area contributed by atoms with E-state index < -0.39 is 11.8 Å². The Labute approximate surface area is 207 Å². The van der Waals surface area contributed by atoms with Gasteiger partial charge < -0.3 is 14.7 Å². The van der Waals surface area contributed by atoms with Gasteiger partial charge in [0.05, 0.1) is 35.8 Å². The standard InChI is InChI=1S/C24H31NO4.C3H3N3/c1-4-7-8-12-17-29-24(28)19-15-16-20(25(5-2)6-3)23(27)21(19)22(26)18-13-10-9-11-14-18;1-2-4-6-5-3-1/h9-11,13-16,27H,4-8,12,17H2,1-3H3;1-3H. The van der Waals surface area contributed by atoms with E-state index in [0.29, 0.717) is 30.9 Å². The molecule has 0 unspecified atom stereocenters. The Morgan fingerprint density at radius 1 is 0.886 bits per heavy atom. The Balaban J connectivity index is 0.000000625. The lowest BCUT2D eigenvalue weighted by Crippen LogP contribution is -2.23. The molecule has 0 saturated heterocycles. The average molecular weight is 479 g/mol. The number of nitrogens with zero attached hydrogens (tertiary/aromatic N) is 4. The molecule has 0 saturated carbocycles. The highest BCUT2D eigenvalue weighted by molar-refractivity contribution is 6.17. The molecule has 0 aliphatic carbocycles. The van der Waals surface area contributed by atoms with Gasteiger partial charge in [-0.3, -0.25) is 4.79 Å². The molecule has 1 N–H and O–H groups in total. The molecule has 3 rings (SSSR count). The van der Waals surface area contributed by atoms with Crippen LogP contribution in [0.25, 0.3) is 0 Å². The molecule has 8 nitrogen and oxygen atoms in total. The predicted molar refractivity (Wildman–Crippen MR) is 136 cm³/mol. The zero-order chi connectivity index (χ0) is 25.5. The van der Waals surface area contributed by atoms with Crippen LogP contribution >= 0.6 is 0 Å². The van der Waals surface area contributed by atoms with E-state index in [0.717, 1.165) is 25.7 Å². The maximum Gasteiger partial charge on any atom is 0.339 e. The number of hydrogen-bond donors (Lipinski definition) is 1. The molecule has 186 valence electrons. The Hall–Kier alpha value is -3.81. The second kappa shape index (κ2) is 15.2. The van der Waals surface area contributed by atoms with Crippen molar-refractivity contribution in [3.8, 4) is 5.75 Å². The normalized spacial score (nSPS) is 10.1. The van der Waals surface area contributed by atoms with Crippen LogP contribution in [0.5, 0.6) is 5.75 Å². The van der Waals surface area contributed by atoms with Crippen molar-refractivity contribution in [3.63, 3.8) is 0 Å². The second-order valence-electron chi connectivity index (χ2n) is 7.73. The van der Waals surface area contributed by atoms with Gasteiger partial charge >= 0.3 is 5.97 Å². The van der Waals surface area contributed by atoms with Crippen molar-refractivity contribution in [2.75, 3.05) is 24.6 Å². The summed E-state index contributed by atoms with van der Waals surface area (Å²) < 4.78 is 5.39. The van der Waals surface area contributed by atoms with E-state index in [1.54, 1.807) is 54.9 Å². The smallest absolute Gasteiger partial charge is 0.339 e. The number of benzene rings is 2. The van der Waals surface area contributed by atoms with Crippen LogP contribution in [0.1, 0.15) is 72.7 Å². The molecule has 0 aliphatic heterocycles. The number of anilines is 1. The van der Waals surface area contributed by atoms with Gasteiger partial charge in [0.25, 0.3) is 0 Å². The SMILES string of the molecule is CCCCCCOC(=O)c1ccc(N(CC)CC)c(O)c1C(=O)c1ccccc1.c1cnnnc1. The zero-order valence-corrected chi connectivity index (χ0v) is 20.7. The molecular formula is C27H34N4O4. The molecule has 0 fully saturated rings. The summed E-state index contributed by atoms with van der Waals surface area (Å²) in [5.41, 5.74) is 1.05. The van der Waals surface area contributed by atoms with Gasteiger partial charge in [-0.25, -0.2) is 4.79 Å². The number of carbonyl (C=O) groups is 2. The van der Waals surface area contributed by atoms with Crippen LogP contribution in [-0.2, 0) is 4.74 Å². The lowest BCUT2D eigenvalue weighted by Gasteiger charge is -2.24. The van der Waals surface area contributed by atoms with Crippen LogP contribution < -0.4 is 4.90 Å². The predicted octanol–water partition coefficient (Wildman–Crippen LogP) is 5.08. The number of ketones is 1. The van der Waals surface area contributed by atoms with Crippen LogP contribution in [-0.4, -0.2) is 52.0 Å². The number of esters is 1. The Kier molecular flexibility index (Phi) is 11.9. The zero-order valence-electron chi connectivity index (χ0n) is 20.7. The number of aromatic nitrogens is 3. The van der Waals surface area contributed by atoms with E-state index in [4.69, 9.17) is 4.74 Å². The second-order valence-corrected chi connectivity index (χ2v) is 7.73. The Morgan fingerprint density at radius 2 is 1.57 bits per heavy atom. The van der Waals surface area contributed by atoms with Crippen LogP contribution in [0.4, 0.5) is 5.69 Å². The molecular weight excluding hydrogens is 444 g/mol. The third-order valence-electron chi connectivity index (χ3n) is 5.38. The molecule has 0 aliphatic rings. The van der Waals surface area contributed by atoms with Crippen molar-refractivity contribution >= 4 is 17.4 Å². The van der Waals surface area contributed by atoms with Gasteiger partial charge in [0.1, 0.15) is 0 Å². The fraction of sp³-hybridized carbons (Fsp3) is 0.370. The van der Waals surface area contributed by atoms with Gasteiger partial charge in [-0.05, 0) is 43.7 Å². The van der Waals surface area contributed by atoms with Crippen molar-refractivity contribution in [1.29, 1.82) is 0 Å². The molecule has 0 spiro atoms. The summed E-state index contributed by atoms with van der Waals surface area (Å²) in [6, 6.07) is 13.6. The van der Waals surface area contributed by atoms with Gasteiger partial charge in [0.15, 0.2) is 11.5 Å². The maximum absolute atomic E-state index is 13.2. The van der Waals surface area contributed by atoms with Crippen molar-refractivity contribution in [3.05, 3.63) is 77.6 Å². The van der Waals surface area contributed by atoms with E-state index in [9.17, 15) is 14.7 Å². The number of phenolic OH excluding ortho intramolecular Hbond substituents is 1. The van der Waals surface area contributed by atoms with Gasteiger partial charge in [0.2, 0.25) is 0 Å². The Morgan fingerprint density at radius 3 is 2.11 bits per heavy atom. The van der Waals surface area contributed by atoms with Crippen molar-refractivity contribution in [1.82, 2.24) is 15.4 Å². The lowest BCUT2D eigenvalue weighted by molar-refractivity contribution is 0.0494. The van der Waals surface area contributed by atoms with E-state index in [1.807, 2.05) is 24.8 Å². The molecule has 2 aromatic carbocycles. The summed E-state index contributed by atoms with van der Waals surface area (Å²) in [6.45, 7) is 7.71. The first-order valence-corrected chi connectivity index (χ1v) is 12.0. The first-order chi connectivity index (χ1) is 17.0. The molecule has 1 heterocycles. The number of carbonyl (C=O) groups excluding carboxylic acids is 2. The topological polar surface area (TPSA) is 106 Å². The summed E-state index contributed by atoms with van der Waals surface area (Å²) in [7, 11) is 0. The summed E-state index contributed by atoms with van der Waals surface area (Å²) in [5, 5.41) is 21.1. The monoisotopic (exact) mass is 478 g/mol.